The number of para-hydroxylation sites is 1. The molecule has 0 radical (unpaired) electrons. The molecule has 0 spiro atoms. The molecule has 1 N–H and O–H groups in total. The van der Waals surface area contributed by atoms with Crippen LogP contribution in [0.25, 0.3) is 0 Å². The number of carbonyl (C=O) groups excluding carboxylic acids is 1. The highest BCUT2D eigenvalue weighted by Gasteiger charge is 2.21. The molecule has 1 amide bonds. The molecule has 4 nitrogen and oxygen atoms in total. The predicted molar refractivity (Wildman–Crippen MR) is 82.3 cm³/mol. The summed E-state index contributed by atoms with van der Waals surface area (Å²) >= 11 is 0. The molecule has 0 aromatic heterocycles. The highest BCUT2D eigenvalue weighted by molar-refractivity contribution is 5.96. The van der Waals surface area contributed by atoms with Crippen molar-refractivity contribution in [1.82, 2.24) is 5.32 Å². The van der Waals surface area contributed by atoms with Gasteiger partial charge in [-0.05, 0) is 29.3 Å². The zero-order chi connectivity index (χ0) is 14.7. The predicted octanol–water partition coefficient (Wildman–Crippen LogP) is 2.33. The van der Waals surface area contributed by atoms with Gasteiger partial charge in [-0.3, -0.25) is 4.79 Å². The van der Waals surface area contributed by atoms with Crippen molar-refractivity contribution in [3.8, 4) is 5.75 Å². The molecular formula is C17H18N2O2. The number of benzene rings is 2. The molecule has 3 rings (SSSR count). The minimum atomic E-state index is 0.0933. The van der Waals surface area contributed by atoms with Gasteiger partial charge in [-0.15, -0.1) is 0 Å². The van der Waals surface area contributed by atoms with E-state index in [1.165, 1.54) is 0 Å². The van der Waals surface area contributed by atoms with E-state index < -0.39 is 0 Å². The van der Waals surface area contributed by atoms with Crippen LogP contribution < -0.4 is 15.0 Å². The monoisotopic (exact) mass is 282 g/mol. The van der Waals surface area contributed by atoms with E-state index in [0.29, 0.717) is 13.1 Å². The molecule has 0 unspecified atom stereocenters. The van der Waals surface area contributed by atoms with E-state index in [9.17, 15) is 4.79 Å². The first kappa shape index (κ1) is 13.6. The fraction of sp³-hybridized carbons (Fsp3) is 0.235. The zero-order valence-electron chi connectivity index (χ0n) is 12.0. The van der Waals surface area contributed by atoms with Crippen LogP contribution in [0, 0.1) is 0 Å². The Labute approximate surface area is 124 Å². The van der Waals surface area contributed by atoms with Crippen LogP contribution in [0.2, 0.25) is 0 Å². The number of amides is 1. The van der Waals surface area contributed by atoms with Crippen molar-refractivity contribution in [2.75, 3.05) is 18.6 Å². The summed E-state index contributed by atoms with van der Waals surface area (Å²) in [5, 5.41) is 3.18. The second-order valence-electron chi connectivity index (χ2n) is 5.06. The van der Waals surface area contributed by atoms with Crippen molar-refractivity contribution >= 4 is 11.6 Å². The van der Waals surface area contributed by atoms with Gasteiger partial charge in [0, 0.05) is 12.2 Å². The lowest BCUT2D eigenvalue weighted by Gasteiger charge is -2.22. The number of anilines is 1. The molecular weight excluding hydrogens is 264 g/mol. The summed E-state index contributed by atoms with van der Waals surface area (Å²) in [6, 6.07) is 15.9. The first-order chi connectivity index (χ1) is 10.3. The molecule has 2 aromatic carbocycles. The topological polar surface area (TPSA) is 41.6 Å². The molecule has 4 heteroatoms. The summed E-state index contributed by atoms with van der Waals surface area (Å²) in [5.41, 5.74) is 3.22. The average molecular weight is 282 g/mol. The molecule has 108 valence electrons. The second kappa shape index (κ2) is 5.97. The van der Waals surface area contributed by atoms with E-state index in [2.05, 4.69) is 11.4 Å². The summed E-state index contributed by atoms with van der Waals surface area (Å²) in [4.78, 5) is 14.2. The number of nitrogens with one attached hydrogen (secondary N) is 1. The van der Waals surface area contributed by atoms with Gasteiger partial charge in [0.05, 0.1) is 20.2 Å². The second-order valence-corrected chi connectivity index (χ2v) is 5.06. The van der Waals surface area contributed by atoms with Gasteiger partial charge in [-0.1, -0.05) is 30.3 Å². The average Bonchev–Trinajstić information content (AvgIpc) is 2.68. The van der Waals surface area contributed by atoms with Gasteiger partial charge in [0.25, 0.3) is 0 Å². The largest absolute Gasteiger partial charge is 0.497 e. The molecule has 1 aliphatic rings. The van der Waals surface area contributed by atoms with Gasteiger partial charge >= 0.3 is 0 Å². The molecule has 21 heavy (non-hydrogen) atoms. The summed E-state index contributed by atoms with van der Waals surface area (Å²) in [6.07, 6.45) is 0. The summed E-state index contributed by atoms with van der Waals surface area (Å²) < 4.78 is 5.17. The first-order valence-corrected chi connectivity index (χ1v) is 7.00. The van der Waals surface area contributed by atoms with Crippen molar-refractivity contribution < 1.29 is 9.53 Å². The summed E-state index contributed by atoms with van der Waals surface area (Å²) in [5.74, 6) is 0.916. The number of carbonyl (C=O) groups is 1. The van der Waals surface area contributed by atoms with Gasteiger partial charge in [0.1, 0.15) is 5.75 Å². The Bertz CT molecular complexity index is 637. The van der Waals surface area contributed by atoms with Crippen molar-refractivity contribution in [2.45, 2.75) is 13.1 Å². The minimum absolute atomic E-state index is 0.0933. The normalized spacial score (nSPS) is 14.5. The Morgan fingerprint density at radius 1 is 1.10 bits per heavy atom. The zero-order valence-corrected chi connectivity index (χ0v) is 12.0. The van der Waals surface area contributed by atoms with Crippen LogP contribution >= 0.6 is 0 Å². The molecule has 0 fully saturated rings. The van der Waals surface area contributed by atoms with E-state index >= 15 is 0 Å². The van der Waals surface area contributed by atoms with Crippen LogP contribution in [0.15, 0.2) is 48.5 Å². The van der Waals surface area contributed by atoms with Crippen molar-refractivity contribution in [2.24, 2.45) is 0 Å². The third kappa shape index (κ3) is 2.90. The van der Waals surface area contributed by atoms with Crippen LogP contribution in [0.5, 0.6) is 5.75 Å². The van der Waals surface area contributed by atoms with E-state index in [4.69, 9.17) is 4.74 Å². The Morgan fingerprint density at radius 3 is 2.62 bits per heavy atom. The van der Waals surface area contributed by atoms with Crippen molar-refractivity contribution in [3.63, 3.8) is 0 Å². The highest BCUT2D eigenvalue weighted by Crippen LogP contribution is 2.25. The van der Waals surface area contributed by atoms with Crippen LogP contribution in [-0.4, -0.2) is 19.6 Å². The van der Waals surface area contributed by atoms with Crippen molar-refractivity contribution in [3.05, 3.63) is 59.7 Å². The molecule has 0 aliphatic carbocycles. The number of methoxy groups -OCH3 is 1. The van der Waals surface area contributed by atoms with Gasteiger partial charge in [-0.2, -0.15) is 0 Å². The maximum absolute atomic E-state index is 12.3. The maximum Gasteiger partial charge on any atom is 0.241 e. The lowest BCUT2D eigenvalue weighted by molar-refractivity contribution is -0.117. The number of rotatable bonds is 3. The Morgan fingerprint density at radius 2 is 1.86 bits per heavy atom. The number of ether oxygens (including phenoxy) is 1. The van der Waals surface area contributed by atoms with E-state index in [0.717, 1.165) is 29.1 Å². The van der Waals surface area contributed by atoms with Gasteiger partial charge in [0.15, 0.2) is 0 Å². The quantitative estimate of drug-likeness (QED) is 0.939. The summed E-state index contributed by atoms with van der Waals surface area (Å²) in [6.45, 7) is 1.66. The molecule has 0 saturated carbocycles. The minimum Gasteiger partial charge on any atom is -0.497 e. The SMILES string of the molecule is COc1ccc(CN2C(=O)CNCc3ccccc32)cc1. The van der Waals surface area contributed by atoms with Crippen LogP contribution in [0.1, 0.15) is 11.1 Å². The fourth-order valence-corrected chi connectivity index (χ4v) is 2.54. The van der Waals surface area contributed by atoms with E-state index in [1.54, 1.807) is 7.11 Å². The van der Waals surface area contributed by atoms with Crippen LogP contribution in [0.3, 0.4) is 0 Å². The lowest BCUT2D eigenvalue weighted by Crippen LogP contribution is -2.35. The lowest BCUT2D eigenvalue weighted by atomic mass is 10.1. The molecule has 0 saturated heterocycles. The Kier molecular flexibility index (Phi) is 3.88. The third-order valence-electron chi connectivity index (χ3n) is 3.67. The highest BCUT2D eigenvalue weighted by atomic mass is 16.5. The molecule has 0 bridgehead atoms. The third-order valence-corrected chi connectivity index (χ3v) is 3.67. The number of hydrogen-bond donors (Lipinski definition) is 1. The van der Waals surface area contributed by atoms with Gasteiger partial charge in [-0.25, -0.2) is 0 Å². The first-order valence-electron chi connectivity index (χ1n) is 7.00. The Hall–Kier alpha value is -2.33. The molecule has 2 aromatic rings. The van der Waals surface area contributed by atoms with Crippen LogP contribution in [-0.2, 0) is 17.9 Å². The standard InChI is InChI=1S/C17H18N2O2/c1-21-15-8-6-13(7-9-15)12-19-16-5-3-2-4-14(16)10-18-11-17(19)20/h2-9,18H,10-12H2,1H3. The smallest absolute Gasteiger partial charge is 0.241 e. The van der Waals surface area contributed by atoms with Gasteiger partial charge < -0.3 is 15.0 Å². The fourth-order valence-electron chi connectivity index (χ4n) is 2.54. The van der Waals surface area contributed by atoms with Gasteiger partial charge in [0.2, 0.25) is 5.91 Å². The Balaban J connectivity index is 1.90. The maximum atomic E-state index is 12.3. The molecule has 1 aliphatic heterocycles. The number of hydrogen-bond acceptors (Lipinski definition) is 3. The van der Waals surface area contributed by atoms with Crippen LogP contribution in [0.4, 0.5) is 5.69 Å². The summed E-state index contributed by atoms with van der Waals surface area (Å²) in [7, 11) is 1.65. The number of nitrogens with zero attached hydrogens (tertiary/aromatic N) is 1. The van der Waals surface area contributed by atoms with Crippen molar-refractivity contribution in [1.29, 1.82) is 0 Å². The molecule has 0 atom stereocenters. The van der Waals surface area contributed by atoms with E-state index in [-0.39, 0.29) is 5.91 Å². The van der Waals surface area contributed by atoms with E-state index in [1.807, 2.05) is 47.4 Å². The number of fused-ring (bicyclic) bond motifs is 1. The molecule has 1 heterocycles.